The molecule has 0 aliphatic carbocycles. The van der Waals surface area contributed by atoms with E-state index in [1.165, 1.54) is 0 Å². The molecule has 0 aromatic rings. The summed E-state index contributed by atoms with van der Waals surface area (Å²) in [5.41, 5.74) is 4.98. The molecule has 54 valence electrons. The Balaban J connectivity index is 3.50. The number of hydrogen-bond donors (Lipinski definition) is 2. The highest BCUT2D eigenvalue weighted by molar-refractivity contribution is 5.79. The fourth-order valence-electron chi connectivity index (χ4n) is 0.582. The Morgan fingerprint density at radius 2 is 1.89 bits per heavy atom. The van der Waals surface area contributed by atoms with E-state index in [2.05, 4.69) is 5.32 Å². The summed E-state index contributed by atoms with van der Waals surface area (Å²) in [4.78, 5) is 10.4. The van der Waals surface area contributed by atoms with Crippen molar-refractivity contribution in [2.75, 3.05) is 0 Å². The van der Waals surface area contributed by atoms with Gasteiger partial charge in [0.2, 0.25) is 5.91 Å². The lowest BCUT2D eigenvalue weighted by molar-refractivity contribution is -0.119. The summed E-state index contributed by atoms with van der Waals surface area (Å²) < 4.78 is 0. The average Bonchev–Trinajstić information content (AvgIpc) is 1.63. The lowest BCUT2D eigenvalue weighted by Gasteiger charge is -2.12. The molecule has 3 nitrogen and oxygen atoms in total. The average molecular weight is 130 g/mol. The van der Waals surface area contributed by atoms with Crippen molar-refractivity contribution in [3.05, 3.63) is 0 Å². The van der Waals surface area contributed by atoms with Gasteiger partial charge in [0.15, 0.2) is 0 Å². The molecule has 0 saturated carbocycles. The molecule has 0 fully saturated rings. The largest absolute Gasteiger partial charge is 0.368 e. The second kappa shape index (κ2) is 3.45. The quantitative estimate of drug-likeness (QED) is 0.558. The van der Waals surface area contributed by atoms with Crippen LogP contribution >= 0.6 is 0 Å². The first-order chi connectivity index (χ1) is 4.04. The van der Waals surface area contributed by atoms with E-state index in [0.717, 1.165) is 0 Å². The number of nitrogens with one attached hydrogen (secondary N) is 1. The predicted molar refractivity (Wildman–Crippen MR) is 36.9 cm³/mol. The summed E-state index contributed by atoms with van der Waals surface area (Å²) >= 11 is 0. The maximum absolute atomic E-state index is 10.4. The predicted octanol–water partition coefficient (Wildman–Crippen LogP) is -0.142. The molecule has 0 heterocycles. The monoisotopic (exact) mass is 130 g/mol. The maximum atomic E-state index is 10.4. The number of primary amides is 1. The number of carbonyl (C=O) groups excluding carboxylic acids is 1. The molecule has 0 aromatic heterocycles. The van der Waals surface area contributed by atoms with Crippen LogP contribution in [0.3, 0.4) is 0 Å². The smallest absolute Gasteiger partial charge is 0.234 e. The molecule has 9 heavy (non-hydrogen) atoms. The molecule has 0 aliphatic rings. The third-order valence-corrected chi connectivity index (χ3v) is 1.01. The van der Waals surface area contributed by atoms with Crippen LogP contribution in [0.1, 0.15) is 20.8 Å². The Labute approximate surface area is 55.6 Å². The SMILES string of the molecule is CC(C)NC(C)C(N)=O. The van der Waals surface area contributed by atoms with Gasteiger partial charge >= 0.3 is 0 Å². The molecule has 1 unspecified atom stereocenters. The number of nitrogens with two attached hydrogens (primary N) is 1. The van der Waals surface area contributed by atoms with Gasteiger partial charge in [-0.3, -0.25) is 4.79 Å². The summed E-state index contributed by atoms with van der Waals surface area (Å²) in [5.74, 6) is -0.302. The first kappa shape index (κ1) is 8.43. The van der Waals surface area contributed by atoms with Crippen LogP contribution in [0.5, 0.6) is 0 Å². The number of amides is 1. The minimum Gasteiger partial charge on any atom is -0.368 e. The van der Waals surface area contributed by atoms with Crippen LogP contribution in [0.25, 0.3) is 0 Å². The van der Waals surface area contributed by atoms with Crippen molar-refractivity contribution in [3.8, 4) is 0 Å². The first-order valence-electron chi connectivity index (χ1n) is 3.09. The van der Waals surface area contributed by atoms with Gasteiger partial charge in [-0.2, -0.15) is 0 Å². The molecule has 0 aromatic carbocycles. The highest BCUT2D eigenvalue weighted by atomic mass is 16.1. The zero-order valence-corrected chi connectivity index (χ0v) is 6.14. The minimum atomic E-state index is -0.302. The van der Waals surface area contributed by atoms with Crippen LogP contribution in [0.2, 0.25) is 0 Å². The van der Waals surface area contributed by atoms with Gasteiger partial charge in [0, 0.05) is 6.04 Å². The van der Waals surface area contributed by atoms with Gasteiger partial charge in [0.1, 0.15) is 0 Å². The van der Waals surface area contributed by atoms with Crippen molar-refractivity contribution in [2.45, 2.75) is 32.9 Å². The van der Waals surface area contributed by atoms with Gasteiger partial charge in [-0.15, -0.1) is 0 Å². The van der Waals surface area contributed by atoms with Gasteiger partial charge < -0.3 is 11.1 Å². The molecule has 0 rings (SSSR count). The second-order valence-corrected chi connectivity index (χ2v) is 2.45. The lowest BCUT2D eigenvalue weighted by Crippen LogP contribution is -2.42. The molecule has 3 N–H and O–H groups in total. The zero-order valence-electron chi connectivity index (χ0n) is 6.14. The van der Waals surface area contributed by atoms with Crippen molar-refractivity contribution in [2.24, 2.45) is 5.73 Å². The van der Waals surface area contributed by atoms with Crippen molar-refractivity contribution in [1.29, 1.82) is 0 Å². The standard InChI is InChI=1S/C6H14N2O/c1-4(2)8-5(3)6(7)9/h4-5,8H,1-3H3,(H2,7,9). The number of hydrogen-bond acceptors (Lipinski definition) is 2. The van der Waals surface area contributed by atoms with E-state index < -0.39 is 0 Å². The summed E-state index contributed by atoms with van der Waals surface area (Å²) in [6.45, 7) is 5.70. The van der Waals surface area contributed by atoms with E-state index in [1.54, 1.807) is 6.92 Å². The van der Waals surface area contributed by atoms with Gasteiger partial charge in [-0.05, 0) is 6.92 Å². The van der Waals surface area contributed by atoms with Crippen LogP contribution in [-0.2, 0) is 4.79 Å². The Kier molecular flexibility index (Phi) is 3.24. The summed E-state index contributed by atoms with van der Waals surface area (Å²) in [6.07, 6.45) is 0. The van der Waals surface area contributed by atoms with Gasteiger partial charge in [0.25, 0.3) is 0 Å². The summed E-state index contributed by atoms with van der Waals surface area (Å²) in [5, 5.41) is 2.97. The van der Waals surface area contributed by atoms with E-state index in [-0.39, 0.29) is 11.9 Å². The molecule has 1 atom stereocenters. The second-order valence-electron chi connectivity index (χ2n) is 2.45. The fraction of sp³-hybridized carbons (Fsp3) is 0.833. The normalized spacial score (nSPS) is 13.8. The Hall–Kier alpha value is -0.570. The van der Waals surface area contributed by atoms with Crippen LogP contribution in [-0.4, -0.2) is 18.0 Å². The Morgan fingerprint density at radius 3 is 2.00 bits per heavy atom. The zero-order chi connectivity index (χ0) is 7.44. The van der Waals surface area contributed by atoms with Crippen LogP contribution < -0.4 is 11.1 Å². The first-order valence-corrected chi connectivity index (χ1v) is 3.09. The highest BCUT2D eigenvalue weighted by Gasteiger charge is 2.07. The third-order valence-electron chi connectivity index (χ3n) is 1.01. The third kappa shape index (κ3) is 3.97. The van der Waals surface area contributed by atoms with Crippen LogP contribution in [0.4, 0.5) is 0 Å². The summed E-state index contributed by atoms with van der Waals surface area (Å²) in [6, 6.07) is 0.0949. The van der Waals surface area contributed by atoms with E-state index in [0.29, 0.717) is 6.04 Å². The van der Waals surface area contributed by atoms with E-state index in [1.807, 2.05) is 13.8 Å². The lowest BCUT2D eigenvalue weighted by atomic mass is 10.3. The Bertz CT molecular complexity index is 101. The molecular weight excluding hydrogens is 116 g/mol. The number of rotatable bonds is 3. The highest BCUT2D eigenvalue weighted by Crippen LogP contribution is 1.82. The fourth-order valence-corrected chi connectivity index (χ4v) is 0.582. The van der Waals surface area contributed by atoms with Crippen LogP contribution in [0.15, 0.2) is 0 Å². The minimum absolute atomic E-state index is 0.218. The number of carbonyl (C=O) groups is 1. The molecule has 3 heteroatoms. The van der Waals surface area contributed by atoms with E-state index >= 15 is 0 Å². The van der Waals surface area contributed by atoms with E-state index in [4.69, 9.17) is 5.73 Å². The maximum Gasteiger partial charge on any atom is 0.234 e. The Morgan fingerprint density at radius 1 is 1.44 bits per heavy atom. The van der Waals surface area contributed by atoms with Gasteiger partial charge in [-0.1, -0.05) is 13.8 Å². The van der Waals surface area contributed by atoms with Crippen molar-refractivity contribution in [1.82, 2.24) is 5.32 Å². The van der Waals surface area contributed by atoms with Crippen molar-refractivity contribution < 1.29 is 4.79 Å². The molecule has 0 aliphatic heterocycles. The topological polar surface area (TPSA) is 55.1 Å². The van der Waals surface area contributed by atoms with E-state index in [9.17, 15) is 4.79 Å². The van der Waals surface area contributed by atoms with Gasteiger partial charge in [-0.25, -0.2) is 0 Å². The molecule has 1 amide bonds. The molecule has 0 spiro atoms. The van der Waals surface area contributed by atoms with Crippen molar-refractivity contribution in [3.63, 3.8) is 0 Å². The van der Waals surface area contributed by atoms with Crippen molar-refractivity contribution >= 4 is 5.91 Å². The molecule has 0 bridgehead atoms. The molecular formula is C6H14N2O. The van der Waals surface area contributed by atoms with Gasteiger partial charge in [0.05, 0.1) is 6.04 Å². The molecule has 0 saturated heterocycles. The van der Waals surface area contributed by atoms with Crippen LogP contribution in [0, 0.1) is 0 Å². The molecule has 0 radical (unpaired) electrons. The summed E-state index contributed by atoms with van der Waals surface area (Å²) in [7, 11) is 0.